The molecular formula is C14H28O3. The van der Waals surface area contributed by atoms with Gasteiger partial charge in [-0.1, -0.05) is 33.6 Å². The van der Waals surface area contributed by atoms with Crippen molar-refractivity contribution in [1.82, 2.24) is 0 Å². The fourth-order valence-corrected chi connectivity index (χ4v) is 1.56. The summed E-state index contributed by atoms with van der Waals surface area (Å²) in [7, 11) is 0. The first-order valence-corrected chi connectivity index (χ1v) is 6.75. The van der Waals surface area contributed by atoms with Crippen LogP contribution in [0.4, 0.5) is 0 Å². The van der Waals surface area contributed by atoms with Crippen molar-refractivity contribution in [2.75, 3.05) is 19.8 Å². The van der Waals surface area contributed by atoms with Gasteiger partial charge in [0.05, 0.1) is 13.0 Å². The molecule has 0 spiro atoms. The second-order valence-electron chi connectivity index (χ2n) is 5.22. The van der Waals surface area contributed by atoms with Crippen molar-refractivity contribution in [2.24, 2.45) is 5.41 Å². The minimum absolute atomic E-state index is 0.0307. The van der Waals surface area contributed by atoms with E-state index in [4.69, 9.17) is 9.47 Å². The Balaban J connectivity index is 3.68. The maximum absolute atomic E-state index is 11.6. The van der Waals surface area contributed by atoms with E-state index < -0.39 is 0 Å². The number of carbonyl (C=O) groups is 1. The number of ether oxygens (including phenoxy) is 2. The van der Waals surface area contributed by atoms with Crippen molar-refractivity contribution in [2.45, 2.75) is 59.8 Å². The molecule has 0 rings (SSSR count). The molecule has 0 aromatic heterocycles. The van der Waals surface area contributed by atoms with Gasteiger partial charge in [-0.25, -0.2) is 0 Å². The lowest BCUT2D eigenvalue weighted by atomic mass is 9.86. The van der Waals surface area contributed by atoms with Crippen LogP contribution in [0.15, 0.2) is 0 Å². The van der Waals surface area contributed by atoms with E-state index in [1.54, 1.807) is 0 Å². The van der Waals surface area contributed by atoms with E-state index in [9.17, 15) is 4.79 Å². The lowest BCUT2D eigenvalue weighted by molar-refractivity contribution is -0.146. The Kier molecular flexibility index (Phi) is 9.14. The molecule has 0 fully saturated rings. The fraction of sp³-hybridized carbons (Fsp3) is 0.929. The van der Waals surface area contributed by atoms with E-state index in [0.29, 0.717) is 19.6 Å². The molecule has 0 bridgehead atoms. The predicted octanol–water partition coefficient (Wildman–Crippen LogP) is 3.56. The first kappa shape index (κ1) is 16.4. The molecule has 3 heteroatoms. The SMILES string of the molecule is CCCCCOC(=O)CC(C)(C)CCOCC. The average Bonchev–Trinajstić information content (AvgIpc) is 2.24. The fourth-order valence-electron chi connectivity index (χ4n) is 1.56. The summed E-state index contributed by atoms with van der Waals surface area (Å²) in [5, 5.41) is 0. The van der Waals surface area contributed by atoms with Gasteiger partial charge in [0.25, 0.3) is 0 Å². The summed E-state index contributed by atoms with van der Waals surface area (Å²) in [6.45, 7) is 10.3. The molecule has 0 unspecified atom stereocenters. The number of unbranched alkanes of at least 4 members (excludes halogenated alkanes) is 2. The molecule has 102 valence electrons. The van der Waals surface area contributed by atoms with Crippen LogP contribution >= 0.6 is 0 Å². The van der Waals surface area contributed by atoms with Crippen LogP contribution in [0, 0.1) is 5.41 Å². The molecule has 0 aliphatic heterocycles. The molecule has 0 saturated carbocycles. The van der Waals surface area contributed by atoms with Crippen LogP contribution in [0.1, 0.15) is 59.8 Å². The molecule has 0 radical (unpaired) electrons. The minimum Gasteiger partial charge on any atom is -0.466 e. The predicted molar refractivity (Wildman–Crippen MR) is 70.0 cm³/mol. The number of hydrogen-bond donors (Lipinski definition) is 0. The third kappa shape index (κ3) is 10.3. The summed E-state index contributed by atoms with van der Waals surface area (Å²) in [5.41, 5.74) is -0.0307. The molecule has 3 nitrogen and oxygen atoms in total. The van der Waals surface area contributed by atoms with Crippen molar-refractivity contribution in [1.29, 1.82) is 0 Å². The van der Waals surface area contributed by atoms with Crippen LogP contribution in [0.5, 0.6) is 0 Å². The van der Waals surface area contributed by atoms with Crippen LogP contribution in [-0.4, -0.2) is 25.8 Å². The van der Waals surface area contributed by atoms with Gasteiger partial charge in [-0.05, 0) is 25.2 Å². The standard InChI is InChI=1S/C14H28O3/c1-5-7-8-10-17-13(15)12-14(3,4)9-11-16-6-2/h5-12H2,1-4H3. The Morgan fingerprint density at radius 2 is 1.82 bits per heavy atom. The Morgan fingerprint density at radius 3 is 2.41 bits per heavy atom. The molecule has 0 aliphatic carbocycles. The van der Waals surface area contributed by atoms with Gasteiger partial charge in [0, 0.05) is 13.2 Å². The Morgan fingerprint density at radius 1 is 1.12 bits per heavy atom. The first-order chi connectivity index (χ1) is 8.02. The monoisotopic (exact) mass is 244 g/mol. The third-order valence-corrected chi connectivity index (χ3v) is 2.76. The smallest absolute Gasteiger partial charge is 0.306 e. The van der Waals surface area contributed by atoms with E-state index in [1.165, 1.54) is 0 Å². The quantitative estimate of drug-likeness (QED) is 0.435. The molecular weight excluding hydrogens is 216 g/mol. The van der Waals surface area contributed by atoms with E-state index in [0.717, 1.165) is 32.3 Å². The average molecular weight is 244 g/mol. The Bertz CT molecular complexity index is 200. The van der Waals surface area contributed by atoms with Gasteiger partial charge < -0.3 is 9.47 Å². The van der Waals surface area contributed by atoms with Crippen molar-refractivity contribution >= 4 is 5.97 Å². The minimum atomic E-state index is -0.0809. The number of rotatable bonds is 10. The Hall–Kier alpha value is -0.570. The van der Waals surface area contributed by atoms with E-state index in [1.807, 2.05) is 6.92 Å². The van der Waals surface area contributed by atoms with E-state index in [2.05, 4.69) is 20.8 Å². The van der Waals surface area contributed by atoms with Crippen molar-refractivity contribution in [3.05, 3.63) is 0 Å². The largest absolute Gasteiger partial charge is 0.466 e. The zero-order valence-electron chi connectivity index (χ0n) is 11.9. The third-order valence-electron chi connectivity index (χ3n) is 2.76. The van der Waals surface area contributed by atoms with Gasteiger partial charge >= 0.3 is 5.97 Å². The Labute approximate surface area is 106 Å². The van der Waals surface area contributed by atoms with Crippen LogP contribution < -0.4 is 0 Å². The van der Waals surface area contributed by atoms with Crippen molar-refractivity contribution < 1.29 is 14.3 Å². The first-order valence-electron chi connectivity index (χ1n) is 6.75. The van der Waals surface area contributed by atoms with Gasteiger partial charge in [-0.3, -0.25) is 4.79 Å². The van der Waals surface area contributed by atoms with Crippen molar-refractivity contribution in [3.8, 4) is 0 Å². The molecule has 0 N–H and O–H groups in total. The molecule has 0 aromatic rings. The summed E-state index contributed by atoms with van der Waals surface area (Å²) >= 11 is 0. The normalized spacial score (nSPS) is 11.5. The second kappa shape index (κ2) is 9.46. The molecule has 0 amide bonds. The van der Waals surface area contributed by atoms with Gasteiger partial charge in [-0.2, -0.15) is 0 Å². The maximum Gasteiger partial charge on any atom is 0.306 e. The summed E-state index contributed by atoms with van der Waals surface area (Å²) in [6, 6.07) is 0. The van der Waals surface area contributed by atoms with Crippen LogP contribution in [0.3, 0.4) is 0 Å². The van der Waals surface area contributed by atoms with E-state index >= 15 is 0 Å². The summed E-state index contributed by atoms with van der Waals surface area (Å²) < 4.78 is 10.5. The van der Waals surface area contributed by atoms with Crippen LogP contribution in [0.2, 0.25) is 0 Å². The summed E-state index contributed by atoms with van der Waals surface area (Å²) in [6.07, 6.45) is 4.62. The summed E-state index contributed by atoms with van der Waals surface area (Å²) in [4.78, 5) is 11.6. The van der Waals surface area contributed by atoms with Gasteiger partial charge in [0.15, 0.2) is 0 Å². The highest BCUT2D eigenvalue weighted by atomic mass is 16.5. The number of hydrogen-bond acceptors (Lipinski definition) is 3. The topological polar surface area (TPSA) is 35.5 Å². The second-order valence-corrected chi connectivity index (χ2v) is 5.22. The molecule has 0 aromatic carbocycles. The lowest BCUT2D eigenvalue weighted by Crippen LogP contribution is -2.21. The van der Waals surface area contributed by atoms with Crippen LogP contribution in [-0.2, 0) is 14.3 Å². The number of esters is 1. The molecule has 0 saturated heterocycles. The lowest BCUT2D eigenvalue weighted by Gasteiger charge is -2.23. The van der Waals surface area contributed by atoms with Gasteiger partial charge in [0.1, 0.15) is 0 Å². The number of carbonyl (C=O) groups excluding carboxylic acids is 1. The zero-order valence-corrected chi connectivity index (χ0v) is 11.9. The molecule has 0 heterocycles. The zero-order chi connectivity index (χ0) is 13.1. The highest BCUT2D eigenvalue weighted by Gasteiger charge is 2.22. The molecule has 0 aliphatic rings. The van der Waals surface area contributed by atoms with Crippen LogP contribution in [0.25, 0.3) is 0 Å². The van der Waals surface area contributed by atoms with Gasteiger partial charge in [-0.15, -0.1) is 0 Å². The highest BCUT2D eigenvalue weighted by Crippen LogP contribution is 2.25. The summed E-state index contributed by atoms with van der Waals surface area (Å²) in [5.74, 6) is -0.0809. The van der Waals surface area contributed by atoms with Crippen molar-refractivity contribution in [3.63, 3.8) is 0 Å². The molecule has 17 heavy (non-hydrogen) atoms. The van der Waals surface area contributed by atoms with Gasteiger partial charge in [0.2, 0.25) is 0 Å². The highest BCUT2D eigenvalue weighted by molar-refractivity contribution is 5.70. The molecule has 0 atom stereocenters. The maximum atomic E-state index is 11.6. The van der Waals surface area contributed by atoms with E-state index in [-0.39, 0.29) is 11.4 Å².